The first-order valence-corrected chi connectivity index (χ1v) is 12.6. The van der Waals surface area contributed by atoms with E-state index in [0.717, 1.165) is 22.6 Å². The second kappa shape index (κ2) is 10.6. The van der Waals surface area contributed by atoms with Gasteiger partial charge in [0, 0.05) is 11.8 Å². The van der Waals surface area contributed by atoms with Crippen LogP contribution in [0.2, 0.25) is 0 Å². The molecule has 0 bridgehead atoms. The van der Waals surface area contributed by atoms with Gasteiger partial charge in [0.25, 0.3) is 0 Å². The minimum absolute atomic E-state index is 0.111. The third-order valence-electron chi connectivity index (χ3n) is 4.34. The molecular formula is C22H22N4O3S3. The van der Waals surface area contributed by atoms with Crippen LogP contribution in [0.15, 0.2) is 59.5 Å². The monoisotopic (exact) mass is 486 g/mol. The van der Waals surface area contributed by atoms with Gasteiger partial charge in [-0.15, -0.1) is 21.5 Å². The molecule has 32 heavy (non-hydrogen) atoms. The van der Waals surface area contributed by atoms with Gasteiger partial charge in [-0.3, -0.25) is 10.1 Å². The Morgan fingerprint density at radius 2 is 1.72 bits per heavy atom. The van der Waals surface area contributed by atoms with Crippen molar-refractivity contribution in [3.8, 4) is 0 Å². The Kier molecular flexibility index (Phi) is 7.84. The number of aryl methyl sites for hydroxylation is 2. The summed E-state index contributed by atoms with van der Waals surface area (Å²) in [6.45, 7) is 3.93. The molecule has 166 valence electrons. The van der Waals surface area contributed by atoms with E-state index in [9.17, 15) is 13.2 Å². The molecule has 0 radical (unpaired) electrons. The number of rotatable bonds is 7. The molecule has 7 nitrogen and oxygen atoms in total. The topological polar surface area (TPSA) is 101 Å². The lowest BCUT2D eigenvalue weighted by Crippen LogP contribution is -2.32. The maximum absolute atomic E-state index is 12.6. The number of sulfone groups is 1. The molecule has 0 fully saturated rings. The van der Waals surface area contributed by atoms with Crippen molar-refractivity contribution in [2.75, 3.05) is 5.32 Å². The van der Waals surface area contributed by atoms with Gasteiger partial charge in [0.15, 0.2) is 14.9 Å². The molecule has 3 rings (SSSR count). The van der Waals surface area contributed by atoms with Gasteiger partial charge in [0.05, 0.1) is 4.90 Å². The highest BCUT2D eigenvalue weighted by molar-refractivity contribution is 7.90. The van der Waals surface area contributed by atoms with Gasteiger partial charge in [-0.2, -0.15) is 0 Å². The van der Waals surface area contributed by atoms with Gasteiger partial charge >= 0.3 is 0 Å². The Labute approximate surface area is 196 Å². The number of anilines is 1. The number of nitrogens with one attached hydrogen (secondary N) is 2. The number of carbonyl (C=O) groups excluding carboxylic acids is 1. The van der Waals surface area contributed by atoms with E-state index in [1.54, 1.807) is 18.2 Å². The van der Waals surface area contributed by atoms with Crippen molar-refractivity contribution in [1.82, 2.24) is 15.5 Å². The average Bonchev–Trinajstić information content (AvgIpc) is 3.20. The molecule has 2 aromatic carbocycles. The normalized spacial score (nSPS) is 11.4. The number of benzene rings is 2. The maximum Gasteiger partial charge on any atom is 0.250 e. The van der Waals surface area contributed by atoms with E-state index in [2.05, 4.69) is 20.8 Å². The molecule has 10 heteroatoms. The SMILES string of the molecule is CCc1nnc(CS(=O)(=O)c2ccc(NC(=S)NC(=O)/C=C/c3ccc(C)cc3)cc2)s1. The first-order chi connectivity index (χ1) is 15.2. The molecule has 3 aromatic rings. The summed E-state index contributed by atoms with van der Waals surface area (Å²) < 4.78 is 25.2. The number of nitrogens with zero attached hydrogens (tertiary/aromatic N) is 2. The van der Waals surface area contributed by atoms with Crippen molar-refractivity contribution < 1.29 is 13.2 Å². The fourth-order valence-corrected chi connectivity index (χ4v) is 5.25. The Bertz CT molecular complexity index is 1230. The number of amides is 1. The standard InChI is InChI=1S/C22H22N4O3S3/c1-3-20-25-26-21(31-20)14-32(28,29)18-11-9-17(10-12-18)23-22(30)24-19(27)13-8-16-6-4-15(2)5-7-16/h4-13H,3,14H2,1-2H3,(H2,23,24,27,30)/b13-8+. The molecule has 0 aliphatic carbocycles. The number of carbonyl (C=O) groups is 1. The molecule has 0 aliphatic heterocycles. The molecule has 0 atom stereocenters. The van der Waals surface area contributed by atoms with Crippen LogP contribution in [0.5, 0.6) is 0 Å². The van der Waals surface area contributed by atoms with E-state index >= 15 is 0 Å². The Morgan fingerprint density at radius 3 is 2.34 bits per heavy atom. The van der Waals surface area contributed by atoms with Gasteiger partial charge in [-0.25, -0.2) is 8.42 Å². The van der Waals surface area contributed by atoms with E-state index in [1.807, 2.05) is 38.1 Å². The van der Waals surface area contributed by atoms with Gasteiger partial charge in [0.1, 0.15) is 15.8 Å². The first kappa shape index (κ1) is 23.7. The Balaban J connectivity index is 1.55. The van der Waals surface area contributed by atoms with E-state index < -0.39 is 9.84 Å². The van der Waals surface area contributed by atoms with Crippen LogP contribution in [0.3, 0.4) is 0 Å². The number of aromatic nitrogens is 2. The highest BCUT2D eigenvalue weighted by Crippen LogP contribution is 2.21. The summed E-state index contributed by atoms with van der Waals surface area (Å²) in [5.41, 5.74) is 2.60. The van der Waals surface area contributed by atoms with Crippen LogP contribution in [0, 0.1) is 6.92 Å². The fraction of sp³-hybridized carbons (Fsp3) is 0.182. The zero-order valence-corrected chi connectivity index (χ0v) is 20.0. The second-order valence-corrected chi connectivity index (χ2v) is 10.5. The van der Waals surface area contributed by atoms with Crippen LogP contribution >= 0.6 is 23.6 Å². The van der Waals surface area contributed by atoms with E-state index in [4.69, 9.17) is 12.2 Å². The third-order valence-corrected chi connectivity index (χ3v) is 7.44. The lowest BCUT2D eigenvalue weighted by atomic mass is 10.1. The highest BCUT2D eigenvalue weighted by Gasteiger charge is 2.18. The molecule has 1 aromatic heterocycles. The molecule has 0 aliphatic rings. The number of thiocarbonyl (C=S) groups is 1. The fourth-order valence-electron chi connectivity index (χ4n) is 2.65. The van der Waals surface area contributed by atoms with Crippen molar-refractivity contribution >= 4 is 56.2 Å². The van der Waals surface area contributed by atoms with E-state index in [0.29, 0.717) is 10.7 Å². The lowest BCUT2D eigenvalue weighted by molar-refractivity contribution is -0.115. The van der Waals surface area contributed by atoms with Crippen LogP contribution in [0.1, 0.15) is 28.1 Å². The van der Waals surface area contributed by atoms with Crippen LogP contribution in [0.4, 0.5) is 5.69 Å². The molecule has 2 N–H and O–H groups in total. The summed E-state index contributed by atoms with van der Waals surface area (Å²) in [4.78, 5) is 12.2. The van der Waals surface area contributed by atoms with Crippen molar-refractivity contribution in [3.05, 3.63) is 75.7 Å². The van der Waals surface area contributed by atoms with Gasteiger partial charge in [0.2, 0.25) is 5.91 Å². The van der Waals surface area contributed by atoms with Crippen LogP contribution < -0.4 is 10.6 Å². The van der Waals surface area contributed by atoms with Gasteiger partial charge < -0.3 is 5.32 Å². The second-order valence-electron chi connectivity index (χ2n) is 6.91. The summed E-state index contributed by atoms with van der Waals surface area (Å²) >= 11 is 6.46. The molecule has 0 spiro atoms. The zero-order chi connectivity index (χ0) is 23.1. The van der Waals surface area contributed by atoms with Gasteiger partial charge in [-0.05, 0) is 61.5 Å². The molecular weight excluding hydrogens is 464 g/mol. The minimum Gasteiger partial charge on any atom is -0.332 e. The number of hydrogen-bond donors (Lipinski definition) is 2. The highest BCUT2D eigenvalue weighted by atomic mass is 32.2. The summed E-state index contributed by atoms with van der Waals surface area (Å²) in [7, 11) is -3.54. The molecule has 0 saturated heterocycles. The minimum atomic E-state index is -3.54. The summed E-state index contributed by atoms with van der Waals surface area (Å²) in [6, 6.07) is 13.9. The largest absolute Gasteiger partial charge is 0.332 e. The predicted octanol–water partition coefficient (Wildman–Crippen LogP) is 3.91. The van der Waals surface area contributed by atoms with Gasteiger partial charge in [-0.1, -0.05) is 36.8 Å². The lowest BCUT2D eigenvalue weighted by Gasteiger charge is -2.09. The quantitative estimate of drug-likeness (QED) is 0.386. The van der Waals surface area contributed by atoms with Crippen LogP contribution in [-0.2, 0) is 26.8 Å². The molecule has 1 heterocycles. The molecule has 1 amide bonds. The summed E-state index contributed by atoms with van der Waals surface area (Å²) in [6.07, 6.45) is 3.81. The molecule has 0 saturated carbocycles. The smallest absolute Gasteiger partial charge is 0.250 e. The molecule has 0 unspecified atom stereocenters. The first-order valence-electron chi connectivity index (χ1n) is 9.76. The van der Waals surface area contributed by atoms with E-state index in [1.165, 1.54) is 29.5 Å². The maximum atomic E-state index is 12.6. The van der Waals surface area contributed by atoms with Crippen LogP contribution in [-0.4, -0.2) is 29.6 Å². The summed E-state index contributed by atoms with van der Waals surface area (Å²) in [5, 5.41) is 14.7. The van der Waals surface area contributed by atoms with Crippen molar-refractivity contribution in [3.63, 3.8) is 0 Å². The third kappa shape index (κ3) is 6.78. The summed E-state index contributed by atoms with van der Waals surface area (Å²) in [5.74, 6) is -0.565. The van der Waals surface area contributed by atoms with Crippen molar-refractivity contribution in [2.24, 2.45) is 0 Å². The van der Waals surface area contributed by atoms with Crippen molar-refractivity contribution in [2.45, 2.75) is 30.9 Å². The Morgan fingerprint density at radius 1 is 1.06 bits per heavy atom. The van der Waals surface area contributed by atoms with E-state index in [-0.39, 0.29) is 21.7 Å². The van der Waals surface area contributed by atoms with Crippen LogP contribution in [0.25, 0.3) is 6.08 Å². The average molecular weight is 487 g/mol. The van der Waals surface area contributed by atoms with Crippen molar-refractivity contribution in [1.29, 1.82) is 0 Å². The predicted molar refractivity (Wildman–Crippen MR) is 131 cm³/mol. The number of hydrogen-bond acceptors (Lipinski definition) is 7. The Hall–Kier alpha value is -2.95. The zero-order valence-electron chi connectivity index (χ0n) is 17.5.